The number of hydrogen-bond donors (Lipinski definition) is 1. The molecule has 0 spiro atoms. The topological polar surface area (TPSA) is 67.2 Å². The van der Waals surface area contributed by atoms with Crippen LogP contribution in [0.4, 0.5) is 0 Å². The van der Waals surface area contributed by atoms with Gasteiger partial charge in [-0.1, -0.05) is 29.8 Å². The number of hydrogen-bond acceptors (Lipinski definition) is 3. The minimum atomic E-state index is -0.124. The van der Waals surface area contributed by atoms with Gasteiger partial charge in [0.25, 0.3) is 0 Å². The van der Waals surface area contributed by atoms with Crippen molar-refractivity contribution >= 4 is 11.8 Å². The molecule has 1 aliphatic rings. The smallest absolute Gasteiger partial charge is 0.223 e. The van der Waals surface area contributed by atoms with Crippen LogP contribution >= 0.6 is 0 Å². The molecule has 2 amide bonds. The summed E-state index contributed by atoms with van der Waals surface area (Å²) >= 11 is 0. The standard InChI is InChI=1S/C24H26N4O2/c1-18-4-2-5-20(16-18)24-21-6-3-13-27(21)14-15-28(24)23(30)8-7-22(29)26-17-19-9-11-25-12-10-19/h2-6,9-13,16,24H,7-8,14-15,17H2,1H3,(H,26,29)/t24-/m1/s1. The molecule has 0 saturated carbocycles. The van der Waals surface area contributed by atoms with Crippen LogP contribution in [0.1, 0.15) is 41.3 Å². The molecule has 6 heteroatoms. The predicted octanol–water partition coefficient (Wildman–Crippen LogP) is 3.22. The van der Waals surface area contributed by atoms with Gasteiger partial charge in [-0.3, -0.25) is 14.6 Å². The van der Waals surface area contributed by atoms with Crippen LogP contribution in [-0.4, -0.2) is 32.8 Å². The van der Waals surface area contributed by atoms with Crippen molar-refractivity contribution in [3.63, 3.8) is 0 Å². The Hall–Kier alpha value is -3.41. The lowest BCUT2D eigenvalue weighted by atomic mass is 9.98. The molecule has 1 atom stereocenters. The number of rotatable bonds is 6. The maximum Gasteiger partial charge on any atom is 0.223 e. The van der Waals surface area contributed by atoms with Crippen molar-refractivity contribution in [2.75, 3.05) is 6.54 Å². The first-order valence-corrected chi connectivity index (χ1v) is 10.3. The third kappa shape index (κ3) is 4.43. The minimum Gasteiger partial charge on any atom is -0.352 e. The molecule has 1 aromatic carbocycles. The molecule has 0 fully saturated rings. The molecular weight excluding hydrogens is 376 g/mol. The maximum absolute atomic E-state index is 13.1. The number of fused-ring (bicyclic) bond motifs is 1. The summed E-state index contributed by atoms with van der Waals surface area (Å²) in [7, 11) is 0. The van der Waals surface area contributed by atoms with E-state index in [1.807, 2.05) is 29.2 Å². The van der Waals surface area contributed by atoms with Gasteiger partial charge in [0.15, 0.2) is 0 Å². The quantitative estimate of drug-likeness (QED) is 0.688. The van der Waals surface area contributed by atoms with Gasteiger partial charge in [0.1, 0.15) is 0 Å². The number of carbonyl (C=O) groups is 2. The van der Waals surface area contributed by atoms with Crippen molar-refractivity contribution in [1.29, 1.82) is 0 Å². The fourth-order valence-electron chi connectivity index (χ4n) is 4.00. The van der Waals surface area contributed by atoms with Crippen molar-refractivity contribution < 1.29 is 9.59 Å². The van der Waals surface area contributed by atoms with E-state index in [9.17, 15) is 9.59 Å². The molecule has 2 aromatic heterocycles. The highest BCUT2D eigenvalue weighted by atomic mass is 16.2. The third-order valence-electron chi connectivity index (χ3n) is 5.52. The van der Waals surface area contributed by atoms with E-state index in [0.717, 1.165) is 23.4 Å². The monoisotopic (exact) mass is 402 g/mol. The van der Waals surface area contributed by atoms with E-state index in [4.69, 9.17) is 0 Å². The van der Waals surface area contributed by atoms with Crippen LogP contribution in [0.5, 0.6) is 0 Å². The molecule has 4 rings (SSSR count). The molecule has 3 heterocycles. The maximum atomic E-state index is 13.1. The molecule has 0 unspecified atom stereocenters. The summed E-state index contributed by atoms with van der Waals surface area (Å²) in [5, 5.41) is 2.88. The van der Waals surface area contributed by atoms with Gasteiger partial charge in [-0.2, -0.15) is 0 Å². The SMILES string of the molecule is Cc1cccc([C@@H]2c3cccn3CCN2C(=O)CCC(=O)NCc2ccncc2)c1. The summed E-state index contributed by atoms with van der Waals surface area (Å²) < 4.78 is 2.21. The molecule has 6 nitrogen and oxygen atoms in total. The molecule has 1 aliphatic heterocycles. The van der Waals surface area contributed by atoms with Crippen molar-refractivity contribution in [2.45, 2.75) is 38.9 Å². The number of carbonyl (C=O) groups excluding carboxylic acids is 2. The Morgan fingerprint density at radius 3 is 2.70 bits per heavy atom. The zero-order valence-electron chi connectivity index (χ0n) is 17.1. The van der Waals surface area contributed by atoms with Crippen molar-refractivity contribution in [1.82, 2.24) is 19.8 Å². The van der Waals surface area contributed by atoms with Crippen molar-refractivity contribution in [2.24, 2.45) is 0 Å². The molecule has 0 radical (unpaired) electrons. The van der Waals surface area contributed by atoms with Crippen LogP contribution in [0.15, 0.2) is 67.1 Å². The summed E-state index contributed by atoms with van der Waals surface area (Å²) in [4.78, 5) is 31.2. The van der Waals surface area contributed by atoms with Gasteiger partial charge >= 0.3 is 0 Å². The number of aryl methyl sites for hydroxylation is 1. The van der Waals surface area contributed by atoms with E-state index in [2.05, 4.69) is 52.3 Å². The fourth-order valence-corrected chi connectivity index (χ4v) is 4.00. The van der Waals surface area contributed by atoms with Gasteiger partial charge in [0.2, 0.25) is 11.8 Å². The average Bonchev–Trinajstić information content (AvgIpc) is 3.25. The summed E-state index contributed by atoms with van der Waals surface area (Å²) in [5.41, 5.74) is 4.37. The van der Waals surface area contributed by atoms with Crippen LogP contribution in [0.2, 0.25) is 0 Å². The normalized spacial score (nSPS) is 15.5. The van der Waals surface area contributed by atoms with Crippen molar-refractivity contribution in [3.8, 4) is 0 Å². The number of nitrogens with zero attached hydrogens (tertiary/aromatic N) is 3. The minimum absolute atomic E-state index is 0.00742. The van der Waals surface area contributed by atoms with Crippen LogP contribution in [0, 0.1) is 6.92 Å². The third-order valence-corrected chi connectivity index (χ3v) is 5.52. The second-order valence-electron chi connectivity index (χ2n) is 7.66. The van der Waals surface area contributed by atoms with E-state index < -0.39 is 0 Å². The van der Waals surface area contributed by atoms with Gasteiger partial charge in [0, 0.05) is 56.8 Å². The highest BCUT2D eigenvalue weighted by Gasteiger charge is 2.32. The Balaban J connectivity index is 1.42. The molecule has 1 N–H and O–H groups in total. The highest BCUT2D eigenvalue weighted by molar-refractivity contribution is 5.84. The lowest BCUT2D eigenvalue weighted by Gasteiger charge is -2.37. The van der Waals surface area contributed by atoms with Gasteiger partial charge in [-0.25, -0.2) is 0 Å². The summed E-state index contributed by atoms with van der Waals surface area (Å²) in [5.74, 6) is -0.110. The molecule has 154 valence electrons. The van der Waals surface area contributed by atoms with Crippen LogP contribution in [0.3, 0.4) is 0 Å². The Morgan fingerprint density at radius 2 is 1.90 bits per heavy atom. The predicted molar refractivity (Wildman–Crippen MR) is 114 cm³/mol. The molecule has 30 heavy (non-hydrogen) atoms. The zero-order chi connectivity index (χ0) is 20.9. The number of aromatic nitrogens is 2. The van der Waals surface area contributed by atoms with Gasteiger partial charge in [0.05, 0.1) is 6.04 Å². The summed E-state index contributed by atoms with van der Waals surface area (Å²) in [6.45, 7) is 3.91. The first-order valence-electron chi connectivity index (χ1n) is 10.3. The first-order chi connectivity index (χ1) is 14.6. The average molecular weight is 402 g/mol. The Bertz CT molecular complexity index is 1030. The number of nitrogens with one attached hydrogen (secondary N) is 1. The largest absolute Gasteiger partial charge is 0.352 e. The highest BCUT2D eigenvalue weighted by Crippen LogP contribution is 2.33. The van der Waals surface area contributed by atoms with Crippen LogP contribution in [0.25, 0.3) is 0 Å². The molecule has 3 aromatic rings. The molecule has 0 bridgehead atoms. The first kappa shape index (κ1) is 19.9. The van der Waals surface area contributed by atoms with Crippen LogP contribution in [-0.2, 0) is 22.7 Å². The number of amides is 2. The van der Waals surface area contributed by atoms with E-state index in [0.29, 0.717) is 13.1 Å². The Morgan fingerprint density at radius 1 is 1.07 bits per heavy atom. The number of pyridine rings is 1. The number of benzene rings is 1. The Kier molecular flexibility index (Phi) is 5.93. The Labute approximate surface area is 176 Å². The van der Waals surface area contributed by atoms with Crippen LogP contribution < -0.4 is 5.32 Å². The molecular formula is C24H26N4O2. The van der Waals surface area contributed by atoms with Gasteiger partial charge < -0.3 is 14.8 Å². The van der Waals surface area contributed by atoms with E-state index in [1.54, 1.807) is 12.4 Å². The lowest BCUT2D eigenvalue weighted by molar-refractivity contribution is -0.136. The van der Waals surface area contributed by atoms with E-state index >= 15 is 0 Å². The summed E-state index contributed by atoms with van der Waals surface area (Å²) in [6, 6.07) is 16.0. The zero-order valence-corrected chi connectivity index (χ0v) is 17.1. The second kappa shape index (κ2) is 8.95. The van der Waals surface area contributed by atoms with E-state index in [-0.39, 0.29) is 30.7 Å². The molecule has 0 aliphatic carbocycles. The second-order valence-corrected chi connectivity index (χ2v) is 7.66. The lowest BCUT2D eigenvalue weighted by Crippen LogP contribution is -2.42. The molecule has 0 saturated heterocycles. The fraction of sp³-hybridized carbons (Fsp3) is 0.292. The van der Waals surface area contributed by atoms with Crippen molar-refractivity contribution in [3.05, 3.63) is 89.5 Å². The van der Waals surface area contributed by atoms with E-state index in [1.165, 1.54) is 5.56 Å². The summed E-state index contributed by atoms with van der Waals surface area (Å²) in [6.07, 6.45) is 5.84. The van der Waals surface area contributed by atoms with Gasteiger partial charge in [-0.05, 0) is 42.3 Å². The van der Waals surface area contributed by atoms with Gasteiger partial charge in [-0.15, -0.1) is 0 Å².